The highest BCUT2D eigenvalue weighted by molar-refractivity contribution is 5.59. The minimum atomic E-state index is 0.819. The van der Waals surface area contributed by atoms with Crippen LogP contribution in [0.3, 0.4) is 0 Å². The smallest absolute Gasteiger partial charge is 0.117 e. The van der Waals surface area contributed by atoms with Crippen molar-refractivity contribution in [3.05, 3.63) is 11.8 Å². The number of rotatable bonds is 3. The fourth-order valence-electron chi connectivity index (χ4n) is 1.15. The quantitative estimate of drug-likeness (QED) is 0.665. The van der Waals surface area contributed by atoms with Crippen LogP contribution in [0.25, 0.3) is 0 Å². The Morgan fingerprint density at radius 3 is 3.09 bits per heavy atom. The van der Waals surface area contributed by atoms with Crippen LogP contribution in [0.15, 0.2) is 16.9 Å². The minimum absolute atomic E-state index is 0.819. The first-order chi connectivity index (χ1) is 5.38. The standard InChI is InChI=1S/C8H15N3/c1-3-5-8(4-2)11-6-9-10-7-11/h4,6,10H,3,5,7H2,1-2H3/b8-4-. The van der Waals surface area contributed by atoms with Crippen molar-refractivity contribution in [3.63, 3.8) is 0 Å². The zero-order chi connectivity index (χ0) is 8.10. The Morgan fingerprint density at radius 1 is 1.82 bits per heavy atom. The predicted octanol–water partition coefficient (Wildman–Crippen LogP) is 1.50. The van der Waals surface area contributed by atoms with E-state index in [0.29, 0.717) is 0 Å². The van der Waals surface area contributed by atoms with E-state index in [9.17, 15) is 0 Å². The molecule has 0 aliphatic carbocycles. The summed E-state index contributed by atoms with van der Waals surface area (Å²) < 4.78 is 0. The second-order valence-electron chi connectivity index (χ2n) is 2.56. The van der Waals surface area contributed by atoms with Crippen molar-refractivity contribution in [2.24, 2.45) is 5.10 Å². The molecule has 0 saturated carbocycles. The Bertz CT molecular complexity index is 172. The van der Waals surface area contributed by atoms with E-state index in [-0.39, 0.29) is 0 Å². The monoisotopic (exact) mass is 153 g/mol. The van der Waals surface area contributed by atoms with E-state index >= 15 is 0 Å². The lowest BCUT2D eigenvalue weighted by molar-refractivity contribution is 0.495. The molecule has 1 heterocycles. The van der Waals surface area contributed by atoms with Gasteiger partial charge in [-0.05, 0) is 13.3 Å². The minimum Gasteiger partial charge on any atom is -0.316 e. The summed E-state index contributed by atoms with van der Waals surface area (Å²) in [6.45, 7) is 5.07. The maximum absolute atomic E-state index is 3.93. The van der Waals surface area contributed by atoms with Gasteiger partial charge in [0.25, 0.3) is 0 Å². The summed E-state index contributed by atoms with van der Waals surface area (Å²) in [5.41, 5.74) is 4.25. The number of nitrogens with zero attached hydrogens (tertiary/aromatic N) is 2. The Hall–Kier alpha value is -0.990. The predicted molar refractivity (Wildman–Crippen MR) is 47.0 cm³/mol. The Balaban J connectivity index is 2.48. The molecule has 0 amide bonds. The van der Waals surface area contributed by atoms with E-state index in [4.69, 9.17) is 0 Å². The summed E-state index contributed by atoms with van der Waals surface area (Å²) in [6.07, 6.45) is 6.29. The number of allylic oxidation sites excluding steroid dienone is 2. The van der Waals surface area contributed by atoms with Crippen LogP contribution in [0.5, 0.6) is 0 Å². The third kappa shape index (κ3) is 1.97. The van der Waals surface area contributed by atoms with Crippen LogP contribution in [0.4, 0.5) is 0 Å². The molecular formula is C8H15N3. The molecule has 0 fully saturated rings. The van der Waals surface area contributed by atoms with Crippen molar-refractivity contribution in [1.82, 2.24) is 10.3 Å². The molecule has 0 aromatic rings. The van der Waals surface area contributed by atoms with Crippen LogP contribution in [0.1, 0.15) is 26.7 Å². The van der Waals surface area contributed by atoms with Crippen LogP contribution in [-0.2, 0) is 0 Å². The molecule has 0 atom stereocenters. The number of hydrazone groups is 1. The maximum atomic E-state index is 3.93. The van der Waals surface area contributed by atoms with Gasteiger partial charge in [0.05, 0.1) is 0 Å². The van der Waals surface area contributed by atoms with E-state index in [1.807, 2.05) is 6.34 Å². The van der Waals surface area contributed by atoms with Gasteiger partial charge in [0, 0.05) is 5.70 Å². The molecule has 11 heavy (non-hydrogen) atoms. The first-order valence-electron chi connectivity index (χ1n) is 4.06. The largest absolute Gasteiger partial charge is 0.316 e. The van der Waals surface area contributed by atoms with Crippen LogP contribution in [-0.4, -0.2) is 17.9 Å². The molecule has 1 rings (SSSR count). The first kappa shape index (κ1) is 8.11. The van der Waals surface area contributed by atoms with Crippen molar-refractivity contribution < 1.29 is 0 Å². The Kier molecular flexibility index (Phi) is 2.95. The van der Waals surface area contributed by atoms with Gasteiger partial charge < -0.3 is 4.90 Å². The molecule has 1 aliphatic rings. The fourth-order valence-corrected chi connectivity index (χ4v) is 1.15. The highest BCUT2D eigenvalue weighted by Gasteiger charge is 2.07. The Labute approximate surface area is 67.8 Å². The van der Waals surface area contributed by atoms with Gasteiger partial charge in [-0.1, -0.05) is 19.4 Å². The Morgan fingerprint density at radius 2 is 2.64 bits per heavy atom. The third-order valence-corrected chi connectivity index (χ3v) is 1.74. The molecule has 1 aliphatic heterocycles. The molecule has 0 bridgehead atoms. The molecule has 0 saturated heterocycles. The van der Waals surface area contributed by atoms with Crippen LogP contribution in [0.2, 0.25) is 0 Å². The molecule has 0 aromatic heterocycles. The molecule has 0 aromatic carbocycles. The summed E-state index contributed by atoms with van der Waals surface area (Å²) >= 11 is 0. The topological polar surface area (TPSA) is 27.6 Å². The summed E-state index contributed by atoms with van der Waals surface area (Å²) in [5.74, 6) is 0. The van der Waals surface area contributed by atoms with Crippen molar-refractivity contribution in [2.75, 3.05) is 6.67 Å². The van der Waals surface area contributed by atoms with Gasteiger partial charge in [-0.25, -0.2) is 0 Å². The molecule has 0 unspecified atom stereocenters. The van der Waals surface area contributed by atoms with Crippen LogP contribution in [0, 0.1) is 0 Å². The molecule has 3 heteroatoms. The van der Waals surface area contributed by atoms with Crippen molar-refractivity contribution in [2.45, 2.75) is 26.7 Å². The van der Waals surface area contributed by atoms with E-state index < -0.39 is 0 Å². The summed E-state index contributed by atoms with van der Waals surface area (Å²) in [7, 11) is 0. The number of hydrogen-bond donors (Lipinski definition) is 1. The fraction of sp³-hybridized carbons (Fsp3) is 0.625. The van der Waals surface area contributed by atoms with Gasteiger partial charge in [0.1, 0.15) is 13.0 Å². The summed E-state index contributed by atoms with van der Waals surface area (Å²) in [6, 6.07) is 0. The normalized spacial score (nSPS) is 17.3. The van der Waals surface area contributed by atoms with Gasteiger partial charge >= 0.3 is 0 Å². The van der Waals surface area contributed by atoms with Crippen molar-refractivity contribution >= 4 is 6.34 Å². The zero-order valence-corrected chi connectivity index (χ0v) is 7.17. The third-order valence-electron chi connectivity index (χ3n) is 1.74. The average Bonchev–Trinajstić information content (AvgIpc) is 2.52. The summed E-state index contributed by atoms with van der Waals surface area (Å²) in [5, 5.41) is 3.93. The first-order valence-corrected chi connectivity index (χ1v) is 4.06. The lowest BCUT2D eigenvalue weighted by atomic mass is 10.2. The zero-order valence-electron chi connectivity index (χ0n) is 7.17. The average molecular weight is 153 g/mol. The van der Waals surface area contributed by atoms with Gasteiger partial charge in [-0.3, -0.25) is 5.43 Å². The number of hydrogen-bond acceptors (Lipinski definition) is 3. The maximum Gasteiger partial charge on any atom is 0.117 e. The SMILES string of the molecule is C/C=C(/CCC)N1C=NNC1. The molecule has 0 spiro atoms. The van der Waals surface area contributed by atoms with E-state index in [1.54, 1.807) is 0 Å². The number of nitrogens with one attached hydrogen (secondary N) is 1. The van der Waals surface area contributed by atoms with Crippen LogP contribution >= 0.6 is 0 Å². The highest BCUT2D eigenvalue weighted by Crippen LogP contribution is 2.09. The molecule has 3 nitrogen and oxygen atoms in total. The van der Waals surface area contributed by atoms with E-state index in [2.05, 4.69) is 35.4 Å². The lowest BCUT2D eigenvalue weighted by Gasteiger charge is -2.16. The van der Waals surface area contributed by atoms with Gasteiger partial charge in [-0.2, -0.15) is 5.10 Å². The van der Waals surface area contributed by atoms with E-state index in [0.717, 1.165) is 13.1 Å². The van der Waals surface area contributed by atoms with Gasteiger partial charge in [-0.15, -0.1) is 0 Å². The molecule has 62 valence electrons. The van der Waals surface area contributed by atoms with Gasteiger partial charge in [0.15, 0.2) is 0 Å². The van der Waals surface area contributed by atoms with Gasteiger partial charge in [0.2, 0.25) is 0 Å². The second kappa shape index (κ2) is 4.01. The molecule has 0 radical (unpaired) electrons. The summed E-state index contributed by atoms with van der Waals surface area (Å²) in [4.78, 5) is 2.13. The molecule has 1 N–H and O–H groups in total. The van der Waals surface area contributed by atoms with Crippen molar-refractivity contribution in [3.8, 4) is 0 Å². The van der Waals surface area contributed by atoms with Crippen LogP contribution < -0.4 is 5.43 Å². The van der Waals surface area contributed by atoms with E-state index in [1.165, 1.54) is 12.1 Å². The highest BCUT2D eigenvalue weighted by atomic mass is 15.5. The second-order valence-corrected chi connectivity index (χ2v) is 2.56. The molecular weight excluding hydrogens is 138 g/mol. The van der Waals surface area contributed by atoms with Crippen molar-refractivity contribution in [1.29, 1.82) is 0 Å². The lowest BCUT2D eigenvalue weighted by Crippen LogP contribution is -2.22.